The van der Waals surface area contributed by atoms with Crippen molar-refractivity contribution in [1.29, 1.82) is 0 Å². The number of likely N-dealkylation sites (N-methyl/N-ethyl adjacent to an activating group) is 2. The highest BCUT2D eigenvalue weighted by molar-refractivity contribution is 6.01. The van der Waals surface area contributed by atoms with Gasteiger partial charge in [-0.15, -0.1) is 0 Å². The van der Waals surface area contributed by atoms with Gasteiger partial charge in [-0.3, -0.25) is 24.2 Å². The molecular formula is C95H110N22O6. The van der Waals surface area contributed by atoms with E-state index in [1.165, 1.54) is 70.3 Å². The molecule has 0 spiro atoms. The third-order valence-electron chi connectivity index (χ3n) is 24.5. The van der Waals surface area contributed by atoms with Crippen LogP contribution >= 0.6 is 0 Å². The second-order valence-electron chi connectivity index (χ2n) is 32.9. The van der Waals surface area contributed by atoms with Crippen LogP contribution in [0.3, 0.4) is 0 Å². The number of benzene rings is 6. The smallest absolute Gasteiger partial charge is 0.246 e. The maximum atomic E-state index is 13.1. The van der Waals surface area contributed by atoms with Crippen molar-refractivity contribution >= 4 is 68.3 Å². The van der Waals surface area contributed by atoms with E-state index in [1.807, 2.05) is 211 Å². The van der Waals surface area contributed by atoms with Gasteiger partial charge >= 0.3 is 0 Å². The number of hydrogen-bond acceptors (Lipinski definition) is 22. The van der Waals surface area contributed by atoms with Crippen LogP contribution in [0.1, 0.15) is 114 Å². The Morgan fingerprint density at radius 2 is 0.715 bits per heavy atom. The fraction of sp³-hybridized carbons (Fsp3) is 0.368. The number of nitrogens with zero attached hydrogens (tertiary/aromatic N) is 18. The summed E-state index contributed by atoms with van der Waals surface area (Å²) in [5.74, 6) is 5.81. The first kappa shape index (κ1) is 83.9. The summed E-state index contributed by atoms with van der Waals surface area (Å²) < 4.78 is 23.7. The number of nitrogen functional groups attached to an aromatic ring is 3. The summed E-state index contributed by atoms with van der Waals surface area (Å²) in [6.07, 6.45) is 32.5. The molecule has 0 unspecified atom stereocenters. The van der Waals surface area contributed by atoms with E-state index in [1.54, 1.807) is 18.2 Å². The van der Waals surface area contributed by atoms with E-state index in [4.69, 9.17) is 46.7 Å². The maximum absolute atomic E-state index is 13.1. The van der Waals surface area contributed by atoms with Crippen molar-refractivity contribution in [3.63, 3.8) is 0 Å². The van der Waals surface area contributed by atoms with Crippen LogP contribution in [0.2, 0.25) is 0 Å². The number of nitrogens with two attached hydrogens (primary N) is 3. The zero-order valence-corrected chi connectivity index (χ0v) is 70.4. The number of rotatable bonds is 24. The van der Waals surface area contributed by atoms with Crippen LogP contribution in [0.5, 0.6) is 34.5 Å². The fourth-order valence-corrected chi connectivity index (χ4v) is 17.7. The molecule has 6 aromatic heterocycles. The number of aromatic nitrogens is 12. The Morgan fingerprint density at radius 3 is 1.07 bits per heavy atom. The minimum atomic E-state index is -0.0142. The number of ether oxygens (including phenoxy) is 3. The molecule has 4 aliphatic heterocycles. The minimum Gasteiger partial charge on any atom is -0.457 e. The Balaban J connectivity index is 0.000000137. The maximum Gasteiger partial charge on any atom is 0.246 e. The molecule has 2 aliphatic carbocycles. The Kier molecular flexibility index (Phi) is 27.2. The lowest BCUT2D eigenvalue weighted by atomic mass is 10.1. The normalized spacial score (nSPS) is 18.2. The Labute approximate surface area is 717 Å². The van der Waals surface area contributed by atoms with Crippen molar-refractivity contribution in [2.45, 2.75) is 133 Å². The van der Waals surface area contributed by atoms with Crippen LogP contribution in [0.15, 0.2) is 219 Å². The highest BCUT2D eigenvalue weighted by Crippen LogP contribution is 2.40. The molecule has 123 heavy (non-hydrogen) atoms. The molecule has 12 aromatic rings. The van der Waals surface area contributed by atoms with Gasteiger partial charge in [0, 0.05) is 112 Å². The molecule has 6 aromatic carbocycles. The summed E-state index contributed by atoms with van der Waals surface area (Å²) in [6, 6.07) is 54.1. The molecule has 2 saturated carbocycles. The topological polar surface area (TPSA) is 319 Å². The molecule has 28 heteroatoms. The van der Waals surface area contributed by atoms with Gasteiger partial charge in [0.05, 0.1) is 34.3 Å². The Hall–Kier alpha value is -12.8. The fourth-order valence-electron chi connectivity index (χ4n) is 17.7. The highest BCUT2D eigenvalue weighted by Gasteiger charge is 2.34. The highest BCUT2D eigenvalue weighted by atomic mass is 16.5. The molecule has 7 N–H and O–H groups in total. The average Bonchev–Trinajstić information content (AvgIpc) is 1.62. The van der Waals surface area contributed by atoms with Gasteiger partial charge in [0.1, 0.15) is 88.0 Å². The standard InChI is InChI=1S/C32H38N8O2.C32H37N7O2.C31H35N7O2/c1-38-19-15-24(16-20-38)34-17-5-10-28(41)39-18-6-7-25(21-39)40-32-29(31(33)35-22-36-32)30(37-40)23-11-13-27(14-12-23)42-26-8-3-2-4-9-26;1-37(24-9-5-6-10-24)19-8-14-28(40)38-20-7-11-25(21-38)39-32-29(31(33)34-22-35-32)30(36-39)23-15-17-27(18-16-23)41-26-12-3-2-4-13-26;1-36(23-8-5-6-9-23)18-7-12-27(39)37-19-17-24(20-37)38-31-28(30(32)33-21-34-31)29(35-38)22-13-15-26(16-14-22)40-25-10-3-2-4-11-25/h2-5,8-14,22,24-25,34H,6-7,15-21H2,1H3,(H2,33,35,36);2-4,8,12-18,22,24-25H,5-7,9-11,19-21H2,1H3,(H2,33,34,35);2-4,7,10-16,21,23-24H,5-6,8-9,17-20H2,1H3,(H2,32,33,34)/b10-5+;14-8+;12-7+/t2*25-;24-/m111/s1. The van der Waals surface area contributed by atoms with Crippen LogP contribution in [-0.2, 0) is 14.4 Å². The average molecular weight is 1660 g/mol. The summed E-state index contributed by atoms with van der Waals surface area (Å²) in [5, 5.41) is 20.7. The molecule has 0 radical (unpaired) electrons. The number of amides is 3. The van der Waals surface area contributed by atoms with Crippen molar-refractivity contribution in [2.75, 3.05) is 110 Å². The molecular weight excluding hydrogens is 1550 g/mol. The van der Waals surface area contributed by atoms with Crippen molar-refractivity contribution in [2.24, 2.45) is 0 Å². The number of likely N-dealkylation sites (tertiary alicyclic amines) is 4. The van der Waals surface area contributed by atoms with E-state index in [0.717, 1.165) is 169 Å². The van der Waals surface area contributed by atoms with Crippen LogP contribution in [-0.4, -0.2) is 218 Å². The van der Waals surface area contributed by atoms with Crippen molar-refractivity contribution < 1.29 is 28.6 Å². The van der Waals surface area contributed by atoms with Gasteiger partial charge in [-0.2, -0.15) is 15.3 Å². The summed E-state index contributed by atoms with van der Waals surface area (Å²) >= 11 is 0. The lowest BCUT2D eigenvalue weighted by Crippen LogP contribution is -2.41. The molecule has 6 aliphatic rings. The van der Waals surface area contributed by atoms with Crippen molar-refractivity contribution in [1.82, 2.24) is 94.0 Å². The quantitative estimate of drug-likeness (QED) is 0.0408. The van der Waals surface area contributed by atoms with E-state index >= 15 is 0 Å². The SMILES string of the molecule is CN(C/C=C/C(=O)N1CCC[C@@H](n2nc(-c3ccc(Oc4ccccc4)cc3)c3c(N)ncnc32)C1)C1CCCC1.CN(C/C=C/C(=O)N1CC[C@@H](n2nc(-c3ccc(Oc4ccccc4)cc3)c3c(N)ncnc32)C1)C1CCCC1.CN1CCC(NC/C=C/C(=O)N2CCC[C@@H](n3nc(-c4ccc(Oc5ccccc5)cc4)c4c(N)ncnc43)C2)CC1. The number of para-hydroxylation sites is 3. The number of carbonyl (C=O) groups excluding carboxylic acids is 3. The molecule has 4 saturated heterocycles. The second kappa shape index (κ2) is 39.8. The molecule has 0 bridgehead atoms. The van der Waals surface area contributed by atoms with E-state index in [2.05, 4.69) is 71.1 Å². The largest absolute Gasteiger partial charge is 0.457 e. The molecule has 3 amide bonds. The summed E-state index contributed by atoms with van der Waals surface area (Å²) in [6.45, 7) is 8.39. The van der Waals surface area contributed by atoms with Crippen LogP contribution in [0, 0.1) is 0 Å². The zero-order valence-electron chi connectivity index (χ0n) is 70.4. The summed E-state index contributed by atoms with van der Waals surface area (Å²) in [4.78, 5) is 78.4. The molecule has 18 rings (SSSR count). The Bertz CT molecular complexity index is 5630. The van der Waals surface area contributed by atoms with Crippen LogP contribution in [0.25, 0.3) is 66.9 Å². The number of nitrogens with one attached hydrogen (secondary N) is 1. The van der Waals surface area contributed by atoms with Gasteiger partial charge in [0.2, 0.25) is 17.7 Å². The number of anilines is 3. The monoisotopic (exact) mass is 1650 g/mol. The van der Waals surface area contributed by atoms with Gasteiger partial charge in [-0.25, -0.2) is 43.9 Å². The number of piperidine rings is 3. The first-order chi connectivity index (χ1) is 60.2. The number of hydrogen-bond donors (Lipinski definition) is 4. The predicted octanol–water partition coefficient (Wildman–Crippen LogP) is 14.8. The van der Waals surface area contributed by atoms with Gasteiger partial charge < -0.3 is 56.3 Å². The van der Waals surface area contributed by atoms with Gasteiger partial charge in [0.25, 0.3) is 0 Å². The van der Waals surface area contributed by atoms with Gasteiger partial charge in [0.15, 0.2) is 16.9 Å². The van der Waals surface area contributed by atoms with Crippen molar-refractivity contribution in [3.05, 3.63) is 219 Å². The molecule has 3 atom stereocenters. The zero-order chi connectivity index (χ0) is 84.5. The van der Waals surface area contributed by atoms with Crippen LogP contribution in [0.4, 0.5) is 17.5 Å². The van der Waals surface area contributed by atoms with Gasteiger partial charge in [-0.1, -0.05) is 98.5 Å². The number of carbonyl (C=O) groups is 3. The second-order valence-corrected chi connectivity index (χ2v) is 32.9. The van der Waals surface area contributed by atoms with E-state index in [9.17, 15) is 14.4 Å². The Morgan fingerprint density at radius 1 is 0.390 bits per heavy atom. The summed E-state index contributed by atoms with van der Waals surface area (Å²) in [7, 11) is 6.46. The molecule has 10 heterocycles. The molecule has 636 valence electrons. The van der Waals surface area contributed by atoms with E-state index in [0.29, 0.717) is 85.2 Å². The van der Waals surface area contributed by atoms with Crippen molar-refractivity contribution in [3.8, 4) is 68.3 Å². The molecule has 28 nitrogen and oxygen atoms in total. The number of fused-ring (bicyclic) bond motifs is 3. The predicted molar refractivity (Wildman–Crippen MR) is 481 cm³/mol. The van der Waals surface area contributed by atoms with E-state index < -0.39 is 0 Å². The summed E-state index contributed by atoms with van der Waals surface area (Å²) in [5.41, 5.74) is 26.0. The first-order valence-electron chi connectivity index (χ1n) is 43.3. The lowest BCUT2D eigenvalue weighted by Gasteiger charge is -2.32. The molecule has 6 fully saturated rings. The van der Waals surface area contributed by atoms with E-state index in [-0.39, 0.29) is 35.8 Å². The first-order valence-corrected chi connectivity index (χ1v) is 43.3. The van der Waals surface area contributed by atoms with Gasteiger partial charge in [-0.05, 0) is 214 Å². The minimum absolute atomic E-state index is 0.00440. The third-order valence-corrected chi connectivity index (χ3v) is 24.5. The third kappa shape index (κ3) is 20.6. The lowest BCUT2D eigenvalue weighted by molar-refractivity contribution is -0.128. The van der Waals surface area contributed by atoms with Crippen LogP contribution < -0.4 is 36.7 Å².